The third-order valence-electron chi connectivity index (χ3n) is 3.76. The number of aryl methyl sites for hydroxylation is 2. The highest BCUT2D eigenvalue weighted by Gasteiger charge is 2.20. The molecule has 1 heterocycles. The lowest BCUT2D eigenvalue weighted by Gasteiger charge is -2.16. The van der Waals surface area contributed by atoms with Crippen molar-refractivity contribution < 1.29 is 19.1 Å². The first kappa shape index (κ1) is 19.5. The molecule has 2 aromatic rings. The molecule has 2 rings (SSSR count). The number of anilines is 1. The summed E-state index contributed by atoms with van der Waals surface area (Å²) >= 11 is 0. The number of carbonyl (C=O) groups is 2. The zero-order valence-corrected chi connectivity index (χ0v) is 15.8. The minimum absolute atomic E-state index is 0.101. The van der Waals surface area contributed by atoms with Crippen molar-refractivity contribution in [2.75, 3.05) is 11.9 Å². The largest absolute Gasteiger partial charge is 0.482 e. The van der Waals surface area contributed by atoms with Crippen LogP contribution < -0.4 is 10.1 Å². The molecule has 1 amide bonds. The second-order valence-corrected chi connectivity index (χ2v) is 6.43. The van der Waals surface area contributed by atoms with Crippen LogP contribution in [0.2, 0.25) is 0 Å². The van der Waals surface area contributed by atoms with E-state index < -0.39 is 18.0 Å². The van der Waals surface area contributed by atoms with Crippen LogP contribution in [0.25, 0.3) is 0 Å². The lowest BCUT2D eigenvalue weighted by atomic mass is 10.1. The van der Waals surface area contributed by atoms with Gasteiger partial charge in [-0.1, -0.05) is 17.7 Å². The number of nitrogens with zero attached hydrogens (tertiary/aromatic N) is 2. The number of amides is 1. The van der Waals surface area contributed by atoms with E-state index in [9.17, 15) is 9.59 Å². The Bertz CT molecular complexity index is 783. The molecule has 1 N–H and O–H groups in total. The van der Waals surface area contributed by atoms with E-state index in [2.05, 4.69) is 10.4 Å². The van der Waals surface area contributed by atoms with Gasteiger partial charge in [0.2, 0.25) is 0 Å². The average molecular weight is 359 g/mol. The number of aromatic nitrogens is 2. The Kier molecular flexibility index (Phi) is 6.38. The summed E-state index contributed by atoms with van der Waals surface area (Å²) in [5.41, 5.74) is 2.05. The Labute approximate surface area is 153 Å². The molecule has 1 aromatic heterocycles. The van der Waals surface area contributed by atoms with Crippen molar-refractivity contribution >= 4 is 17.7 Å². The number of benzene rings is 1. The summed E-state index contributed by atoms with van der Waals surface area (Å²) in [6.45, 7) is 9.05. The summed E-state index contributed by atoms with van der Waals surface area (Å²) in [7, 11) is 0. The van der Waals surface area contributed by atoms with Crippen molar-refractivity contribution in [2.24, 2.45) is 0 Å². The van der Waals surface area contributed by atoms with Crippen LogP contribution in [0.15, 0.2) is 30.5 Å². The van der Waals surface area contributed by atoms with Crippen molar-refractivity contribution in [2.45, 2.75) is 46.8 Å². The van der Waals surface area contributed by atoms with Crippen LogP contribution in [-0.2, 0) is 14.3 Å². The highest BCUT2D eigenvalue weighted by Crippen LogP contribution is 2.18. The smallest absolute Gasteiger partial charge is 0.344 e. The summed E-state index contributed by atoms with van der Waals surface area (Å²) < 4.78 is 12.3. The van der Waals surface area contributed by atoms with Crippen LogP contribution in [0.5, 0.6) is 5.75 Å². The quantitative estimate of drug-likeness (QED) is 0.769. The van der Waals surface area contributed by atoms with Gasteiger partial charge in [0.15, 0.2) is 12.7 Å². The lowest BCUT2D eigenvalue weighted by Crippen LogP contribution is -2.32. The second kappa shape index (κ2) is 8.51. The summed E-state index contributed by atoms with van der Waals surface area (Å²) in [6, 6.07) is 7.47. The standard InChI is InChI=1S/C19H25N3O4/c1-12(2)22-17(8-9-20-22)21-19(24)15(5)26-18(23)11-25-16-7-6-13(3)10-14(16)4/h6-10,12,15H,11H2,1-5H3,(H,21,24)/t15-/m1/s1. The minimum Gasteiger partial charge on any atom is -0.482 e. The molecule has 0 unspecified atom stereocenters. The highest BCUT2D eigenvalue weighted by atomic mass is 16.6. The van der Waals surface area contributed by atoms with Gasteiger partial charge in [0.25, 0.3) is 5.91 Å². The SMILES string of the molecule is Cc1ccc(OCC(=O)O[C@H](C)C(=O)Nc2ccnn2C(C)C)c(C)c1. The molecular formula is C19H25N3O4. The molecule has 0 aliphatic rings. The van der Waals surface area contributed by atoms with Crippen molar-refractivity contribution in [3.63, 3.8) is 0 Å². The van der Waals surface area contributed by atoms with Gasteiger partial charge in [-0.25, -0.2) is 9.48 Å². The highest BCUT2D eigenvalue weighted by molar-refractivity contribution is 5.94. The van der Waals surface area contributed by atoms with E-state index in [0.29, 0.717) is 11.6 Å². The van der Waals surface area contributed by atoms with Gasteiger partial charge in [-0.15, -0.1) is 0 Å². The van der Waals surface area contributed by atoms with Gasteiger partial charge in [-0.05, 0) is 46.2 Å². The molecular weight excluding hydrogens is 334 g/mol. The second-order valence-electron chi connectivity index (χ2n) is 6.43. The molecule has 1 aromatic carbocycles. The molecule has 0 saturated heterocycles. The molecule has 0 saturated carbocycles. The van der Waals surface area contributed by atoms with E-state index in [1.165, 1.54) is 6.92 Å². The van der Waals surface area contributed by atoms with Crippen LogP contribution in [-0.4, -0.2) is 34.4 Å². The number of rotatable bonds is 7. The van der Waals surface area contributed by atoms with E-state index in [4.69, 9.17) is 9.47 Å². The first-order valence-corrected chi connectivity index (χ1v) is 8.52. The first-order chi connectivity index (χ1) is 12.3. The molecule has 26 heavy (non-hydrogen) atoms. The van der Waals surface area contributed by atoms with E-state index in [0.717, 1.165) is 11.1 Å². The van der Waals surface area contributed by atoms with E-state index in [1.807, 2.05) is 39.8 Å². The van der Waals surface area contributed by atoms with Crippen LogP contribution in [0.3, 0.4) is 0 Å². The first-order valence-electron chi connectivity index (χ1n) is 8.52. The van der Waals surface area contributed by atoms with E-state index in [-0.39, 0.29) is 12.6 Å². The van der Waals surface area contributed by atoms with Gasteiger partial charge in [0.05, 0.1) is 6.20 Å². The van der Waals surface area contributed by atoms with Gasteiger partial charge >= 0.3 is 5.97 Å². The fourth-order valence-corrected chi connectivity index (χ4v) is 2.44. The number of nitrogens with one attached hydrogen (secondary N) is 1. The van der Waals surface area contributed by atoms with Crippen LogP contribution in [0.1, 0.15) is 37.9 Å². The topological polar surface area (TPSA) is 82.4 Å². The predicted molar refractivity (Wildman–Crippen MR) is 98.2 cm³/mol. The Morgan fingerprint density at radius 3 is 2.58 bits per heavy atom. The van der Waals surface area contributed by atoms with Crippen LogP contribution in [0, 0.1) is 13.8 Å². The minimum atomic E-state index is -0.944. The normalized spacial score (nSPS) is 11.9. The number of ether oxygens (including phenoxy) is 2. The van der Waals surface area contributed by atoms with Crippen LogP contribution >= 0.6 is 0 Å². The zero-order valence-electron chi connectivity index (χ0n) is 15.8. The fraction of sp³-hybridized carbons (Fsp3) is 0.421. The van der Waals surface area contributed by atoms with Gasteiger partial charge in [0.1, 0.15) is 11.6 Å². The zero-order chi connectivity index (χ0) is 19.3. The molecule has 7 nitrogen and oxygen atoms in total. The molecule has 0 aliphatic heterocycles. The molecule has 7 heteroatoms. The third kappa shape index (κ3) is 5.08. The van der Waals surface area contributed by atoms with Crippen molar-refractivity contribution in [3.8, 4) is 5.75 Å². The van der Waals surface area contributed by atoms with Gasteiger partial charge < -0.3 is 14.8 Å². The van der Waals surface area contributed by atoms with E-state index >= 15 is 0 Å². The van der Waals surface area contributed by atoms with Gasteiger partial charge in [-0.3, -0.25) is 4.79 Å². The molecule has 1 atom stereocenters. The summed E-state index contributed by atoms with van der Waals surface area (Å²) in [6.07, 6.45) is 0.657. The summed E-state index contributed by atoms with van der Waals surface area (Å²) in [4.78, 5) is 24.2. The number of hydrogen-bond acceptors (Lipinski definition) is 5. The maximum absolute atomic E-state index is 12.2. The molecule has 0 spiro atoms. The molecule has 0 fully saturated rings. The van der Waals surface area contributed by atoms with Crippen LogP contribution in [0.4, 0.5) is 5.82 Å². The monoisotopic (exact) mass is 359 g/mol. The number of hydrogen-bond donors (Lipinski definition) is 1. The maximum Gasteiger partial charge on any atom is 0.344 e. The van der Waals surface area contributed by atoms with Gasteiger partial charge in [0, 0.05) is 12.1 Å². The Morgan fingerprint density at radius 1 is 1.19 bits per heavy atom. The number of esters is 1. The van der Waals surface area contributed by atoms with Gasteiger partial charge in [-0.2, -0.15) is 5.10 Å². The van der Waals surface area contributed by atoms with Crippen molar-refractivity contribution in [1.82, 2.24) is 9.78 Å². The lowest BCUT2D eigenvalue weighted by molar-refractivity contribution is -0.155. The predicted octanol–water partition coefficient (Wildman–Crippen LogP) is 3.03. The fourth-order valence-electron chi connectivity index (χ4n) is 2.44. The molecule has 140 valence electrons. The summed E-state index contributed by atoms with van der Waals surface area (Å²) in [5.74, 6) is 0.141. The third-order valence-corrected chi connectivity index (χ3v) is 3.76. The average Bonchev–Trinajstić information content (AvgIpc) is 3.02. The molecule has 0 radical (unpaired) electrons. The Hall–Kier alpha value is -2.83. The van der Waals surface area contributed by atoms with Crippen molar-refractivity contribution in [3.05, 3.63) is 41.6 Å². The summed E-state index contributed by atoms with van der Waals surface area (Å²) in [5, 5.41) is 6.85. The Morgan fingerprint density at radius 2 is 1.92 bits per heavy atom. The number of carbonyl (C=O) groups excluding carboxylic acids is 2. The van der Waals surface area contributed by atoms with E-state index in [1.54, 1.807) is 23.0 Å². The molecule has 0 aliphatic carbocycles. The van der Waals surface area contributed by atoms with Crippen molar-refractivity contribution in [1.29, 1.82) is 0 Å². The Balaban J connectivity index is 1.86. The maximum atomic E-state index is 12.2. The molecule has 0 bridgehead atoms.